The van der Waals surface area contributed by atoms with Crippen LogP contribution < -0.4 is 20.7 Å². The van der Waals surface area contributed by atoms with Gasteiger partial charge in [-0.1, -0.05) is 0 Å². The summed E-state index contributed by atoms with van der Waals surface area (Å²) in [4.78, 5) is 24.1. The molecule has 2 fully saturated rings. The Kier molecular flexibility index (Phi) is 5.91. The lowest BCUT2D eigenvalue weighted by atomic mass is 9.89. The van der Waals surface area contributed by atoms with Crippen LogP contribution in [0.5, 0.6) is 5.75 Å². The molecule has 6 heteroatoms. The molecule has 2 amide bonds. The number of benzene rings is 1. The molecule has 2 bridgehead atoms. The quantitative estimate of drug-likeness (QED) is 0.654. The number of piperidine rings is 1. The minimum absolute atomic E-state index is 0.0880. The van der Waals surface area contributed by atoms with Crippen molar-refractivity contribution in [1.82, 2.24) is 16.0 Å². The highest BCUT2D eigenvalue weighted by Crippen LogP contribution is 2.32. The highest BCUT2D eigenvalue weighted by atomic mass is 16.5. The molecular weight excluding hydrogens is 318 g/mol. The Labute approximate surface area is 148 Å². The van der Waals surface area contributed by atoms with E-state index in [1.54, 1.807) is 31.4 Å². The van der Waals surface area contributed by atoms with Crippen LogP contribution in [0.1, 0.15) is 42.5 Å². The normalized spacial score (nSPS) is 24.6. The Balaban J connectivity index is 1.32. The molecule has 2 aliphatic rings. The van der Waals surface area contributed by atoms with Gasteiger partial charge in [-0.2, -0.15) is 0 Å². The van der Waals surface area contributed by atoms with E-state index in [4.69, 9.17) is 4.74 Å². The number of hydrogen-bond acceptors (Lipinski definition) is 4. The van der Waals surface area contributed by atoms with Crippen LogP contribution in [0.15, 0.2) is 24.3 Å². The Morgan fingerprint density at radius 2 is 1.72 bits per heavy atom. The van der Waals surface area contributed by atoms with E-state index in [2.05, 4.69) is 16.0 Å². The number of fused-ring (bicyclic) bond motifs is 2. The average Bonchev–Trinajstić information content (AvgIpc) is 2.97. The van der Waals surface area contributed by atoms with Gasteiger partial charge in [0, 0.05) is 37.2 Å². The van der Waals surface area contributed by atoms with Crippen LogP contribution in [0.2, 0.25) is 0 Å². The number of rotatable bonds is 7. The number of carbonyl (C=O) groups excluding carboxylic acids is 2. The number of hydrogen-bond donors (Lipinski definition) is 3. The molecule has 1 aromatic rings. The van der Waals surface area contributed by atoms with Gasteiger partial charge in [0.1, 0.15) is 5.75 Å². The van der Waals surface area contributed by atoms with Crippen LogP contribution >= 0.6 is 0 Å². The Morgan fingerprint density at radius 3 is 2.36 bits per heavy atom. The molecular formula is C19H27N3O3. The second kappa shape index (κ2) is 8.34. The highest BCUT2D eigenvalue weighted by Gasteiger charge is 2.34. The predicted octanol–water partition coefficient (Wildman–Crippen LogP) is 1.46. The van der Waals surface area contributed by atoms with Crippen LogP contribution in [-0.2, 0) is 4.79 Å². The summed E-state index contributed by atoms with van der Waals surface area (Å²) in [6.07, 6.45) is 5.32. The van der Waals surface area contributed by atoms with Gasteiger partial charge in [-0.3, -0.25) is 9.59 Å². The van der Waals surface area contributed by atoms with E-state index < -0.39 is 0 Å². The molecule has 0 spiro atoms. The Hall–Kier alpha value is -2.08. The summed E-state index contributed by atoms with van der Waals surface area (Å²) in [5, 5.41) is 9.32. The molecule has 2 aliphatic heterocycles. The monoisotopic (exact) mass is 345 g/mol. The molecule has 3 rings (SSSR count). The first-order valence-electron chi connectivity index (χ1n) is 9.09. The first-order chi connectivity index (χ1) is 12.1. The summed E-state index contributed by atoms with van der Waals surface area (Å²) in [5.74, 6) is 1.15. The van der Waals surface area contributed by atoms with Crippen LogP contribution in [0, 0.1) is 5.92 Å². The summed E-state index contributed by atoms with van der Waals surface area (Å²) >= 11 is 0. The molecule has 6 nitrogen and oxygen atoms in total. The minimum Gasteiger partial charge on any atom is -0.497 e. The second-order valence-electron chi connectivity index (χ2n) is 7.01. The molecule has 25 heavy (non-hydrogen) atoms. The van der Waals surface area contributed by atoms with Crippen LogP contribution in [0.25, 0.3) is 0 Å². The lowest BCUT2D eigenvalue weighted by Gasteiger charge is -2.28. The minimum atomic E-state index is -0.146. The third kappa shape index (κ3) is 4.95. The van der Waals surface area contributed by atoms with Crippen molar-refractivity contribution < 1.29 is 14.3 Å². The number of methoxy groups -OCH3 is 1. The van der Waals surface area contributed by atoms with Gasteiger partial charge in [0.05, 0.1) is 7.11 Å². The Bertz CT molecular complexity index is 590. The van der Waals surface area contributed by atoms with Crippen LogP contribution in [0.4, 0.5) is 0 Å². The van der Waals surface area contributed by atoms with E-state index in [1.165, 1.54) is 12.8 Å². The Morgan fingerprint density at radius 1 is 1.08 bits per heavy atom. The summed E-state index contributed by atoms with van der Waals surface area (Å²) < 4.78 is 5.07. The van der Waals surface area contributed by atoms with Crippen molar-refractivity contribution in [2.24, 2.45) is 5.92 Å². The molecule has 2 heterocycles. The van der Waals surface area contributed by atoms with Gasteiger partial charge in [-0.05, 0) is 55.9 Å². The fourth-order valence-electron chi connectivity index (χ4n) is 3.90. The lowest BCUT2D eigenvalue weighted by molar-refractivity contribution is -0.122. The third-order valence-corrected chi connectivity index (χ3v) is 5.13. The highest BCUT2D eigenvalue weighted by molar-refractivity contribution is 5.94. The van der Waals surface area contributed by atoms with Crippen molar-refractivity contribution in [3.8, 4) is 5.75 Å². The van der Waals surface area contributed by atoms with Gasteiger partial charge in [0.25, 0.3) is 5.91 Å². The zero-order valence-corrected chi connectivity index (χ0v) is 14.7. The molecule has 0 aliphatic carbocycles. The fraction of sp³-hybridized carbons (Fsp3) is 0.579. The zero-order valence-electron chi connectivity index (χ0n) is 14.7. The van der Waals surface area contributed by atoms with Gasteiger partial charge in [-0.25, -0.2) is 0 Å². The van der Waals surface area contributed by atoms with Gasteiger partial charge in [-0.15, -0.1) is 0 Å². The average molecular weight is 345 g/mol. The third-order valence-electron chi connectivity index (χ3n) is 5.13. The van der Waals surface area contributed by atoms with Crippen molar-refractivity contribution in [2.75, 3.05) is 20.2 Å². The van der Waals surface area contributed by atoms with Crippen molar-refractivity contribution in [3.63, 3.8) is 0 Å². The summed E-state index contributed by atoms with van der Waals surface area (Å²) in [7, 11) is 1.59. The molecule has 2 unspecified atom stereocenters. The van der Waals surface area contributed by atoms with Crippen molar-refractivity contribution >= 4 is 11.8 Å². The largest absolute Gasteiger partial charge is 0.497 e. The van der Waals surface area contributed by atoms with E-state index in [0.29, 0.717) is 43.1 Å². The molecule has 136 valence electrons. The van der Waals surface area contributed by atoms with E-state index in [0.717, 1.165) is 18.6 Å². The van der Waals surface area contributed by atoms with E-state index in [9.17, 15) is 9.59 Å². The van der Waals surface area contributed by atoms with E-state index in [-0.39, 0.29) is 11.8 Å². The first-order valence-corrected chi connectivity index (χ1v) is 9.09. The molecule has 2 saturated heterocycles. The zero-order chi connectivity index (χ0) is 17.6. The van der Waals surface area contributed by atoms with Gasteiger partial charge in [0.2, 0.25) is 5.91 Å². The molecule has 1 aromatic carbocycles. The molecule has 2 atom stereocenters. The molecule has 3 N–H and O–H groups in total. The SMILES string of the molecule is COc1ccc(C(=O)NCCNC(=O)CC2CC3CCC(C2)N3)cc1. The summed E-state index contributed by atoms with van der Waals surface area (Å²) in [6.45, 7) is 0.882. The summed E-state index contributed by atoms with van der Waals surface area (Å²) in [6, 6.07) is 8.17. The van der Waals surface area contributed by atoms with Crippen molar-refractivity contribution in [2.45, 2.75) is 44.2 Å². The summed E-state index contributed by atoms with van der Waals surface area (Å²) in [5.41, 5.74) is 0.581. The lowest BCUT2D eigenvalue weighted by Crippen LogP contribution is -2.40. The van der Waals surface area contributed by atoms with Gasteiger partial charge in [0.15, 0.2) is 0 Å². The smallest absolute Gasteiger partial charge is 0.251 e. The van der Waals surface area contributed by atoms with Crippen molar-refractivity contribution in [1.29, 1.82) is 0 Å². The van der Waals surface area contributed by atoms with E-state index in [1.807, 2.05) is 0 Å². The maximum atomic E-state index is 12.1. The first kappa shape index (κ1) is 17.7. The fourth-order valence-corrected chi connectivity index (χ4v) is 3.90. The number of ether oxygens (including phenoxy) is 1. The molecule has 0 aromatic heterocycles. The molecule has 0 saturated carbocycles. The maximum absolute atomic E-state index is 12.1. The van der Waals surface area contributed by atoms with Crippen LogP contribution in [0.3, 0.4) is 0 Å². The van der Waals surface area contributed by atoms with Gasteiger partial charge >= 0.3 is 0 Å². The van der Waals surface area contributed by atoms with Gasteiger partial charge < -0.3 is 20.7 Å². The topological polar surface area (TPSA) is 79.5 Å². The number of amides is 2. The number of carbonyl (C=O) groups is 2. The van der Waals surface area contributed by atoms with E-state index >= 15 is 0 Å². The second-order valence-corrected chi connectivity index (χ2v) is 7.01. The number of nitrogens with one attached hydrogen (secondary N) is 3. The predicted molar refractivity (Wildman–Crippen MR) is 95.6 cm³/mol. The maximum Gasteiger partial charge on any atom is 0.251 e. The molecule has 0 radical (unpaired) electrons. The van der Waals surface area contributed by atoms with Crippen molar-refractivity contribution in [3.05, 3.63) is 29.8 Å². The standard InChI is InChI=1S/C19H27N3O3/c1-25-17-6-2-14(3-7-17)19(24)21-9-8-20-18(23)12-13-10-15-4-5-16(11-13)22-15/h2-3,6-7,13,15-16,22H,4-5,8-12H2,1H3,(H,20,23)(H,21,24). The van der Waals surface area contributed by atoms with Crippen LogP contribution in [-0.4, -0.2) is 44.1 Å².